The molecule has 0 amide bonds. The van der Waals surface area contributed by atoms with Gasteiger partial charge in [0.1, 0.15) is 0 Å². The molecule has 106 valence electrons. The van der Waals surface area contributed by atoms with E-state index in [4.69, 9.17) is 0 Å². The highest BCUT2D eigenvalue weighted by Crippen LogP contribution is 2.38. The number of hydrogen-bond acceptors (Lipinski definition) is 3. The first-order valence-corrected chi connectivity index (χ1v) is 6.95. The summed E-state index contributed by atoms with van der Waals surface area (Å²) in [6.07, 6.45) is 1.82. The molecule has 1 aromatic carbocycles. The van der Waals surface area contributed by atoms with Crippen molar-refractivity contribution in [3.63, 3.8) is 0 Å². The van der Waals surface area contributed by atoms with Crippen molar-refractivity contribution in [1.29, 1.82) is 5.26 Å². The van der Waals surface area contributed by atoms with Gasteiger partial charge in [0.15, 0.2) is 5.41 Å². The second-order valence-corrected chi connectivity index (χ2v) is 5.63. The Morgan fingerprint density at radius 1 is 1.40 bits per heavy atom. The summed E-state index contributed by atoms with van der Waals surface area (Å²) in [5.41, 5.74) is -0.391. The molecular weight excluding hydrogens is 252 g/mol. The number of likely N-dealkylation sites (tertiary alicyclic amines) is 1. The maximum atomic E-state index is 11.8. The van der Waals surface area contributed by atoms with Crippen molar-refractivity contribution < 1.29 is 9.90 Å². The molecule has 0 saturated carbocycles. The summed E-state index contributed by atoms with van der Waals surface area (Å²) in [5.74, 6) is -1.07. The monoisotopic (exact) mass is 272 g/mol. The molecule has 0 aromatic heterocycles. The number of nitrogens with zero attached hydrogens (tertiary/aromatic N) is 2. The van der Waals surface area contributed by atoms with E-state index in [9.17, 15) is 15.2 Å². The molecule has 0 aliphatic carbocycles. The Labute approximate surface area is 119 Å². The van der Waals surface area contributed by atoms with Crippen molar-refractivity contribution in [2.45, 2.75) is 19.3 Å². The standard InChI is InChI=1S/C16H20N2O2/c1-18-9-7-14(8-10-18)16(12-17,15(19)20)11-13-5-3-2-4-6-13/h2-6,14H,7-11H2,1H3,(H,19,20)/t16-/m1/s1. The maximum Gasteiger partial charge on any atom is 0.324 e. The molecule has 1 atom stereocenters. The molecule has 0 unspecified atom stereocenters. The van der Waals surface area contributed by atoms with Crippen molar-refractivity contribution in [3.8, 4) is 6.07 Å². The summed E-state index contributed by atoms with van der Waals surface area (Å²) < 4.78 is 0. The molecule has 1 saturated heterocycles. The largest absolute Gasteiger partial charge is 0.480 e. The van der Waals surface area contributed by atoms with Crippen LogP contribution in [0, 0.1) is 22.7 Å². The number of rotatable bonds is 4. The lowest BCUT2D eigenvalue weighted by Gasteiger charge is -2.37. The Hall–Kier alpha value is -1.86. The maximum absolute atomic E-state index is 11.8. The number of piperidine rings is 1. The Morgan fingerprint density at radius 2 is 2.00 bits per heavy atom. The van der Waals surface area contributed by atoms with E-state index >= 15 is 0 Å². The van der Waals surface area contributed by atoms with Gasteiger partial charge in [-0.15, -0.1) is 0 Å². The first-order valence-electron chi connectivity index (χ1n) is 6.95. The molecule has 0 radical (unpaired) electrons. The summed E-state index contributed by atoms with van der Waals surface area (Å²) >= 11 is 0. The van der Waals surface area contributed by atoms with Crippen LogP contribution in [0.25, 0.3) is 0 Å². The number of aliphatic carboxylic acids is 1. The number of benzene rings is 1. The van der Waals surface area contributed by atoms with E-state index in [1.165, 1.54) is 0 Å². The third-order valence-corrected chi connectivity index (χ3v) is 4.32. The second kappa shape index (κ2) is 6.06. The normalized spacial score (nSPS) is 20.0. The van der Waals surface area contributed by atoms with Crippen LogP contribution in [-0.4, -0.2) is 36.1 Å². The number of carboxylic acid groups (broad SMARTS) is 1. The third kappa shape index (κ3) is 2.83. The van der Waals surface area contributed by atoms with E-state index in [1.807, 2.05) is 37.4 Å². The smallest absolute Gasteiger partial charge is 0.324 e. The lowest BCUT2D eigenvalue weighted by molar-refractivity contribution is -0.149. The molecule has 1 fully saturated rings. The van der Waals surface area contributed by atoms with E-state index in [0.29, 0.717) is 0 Å². The van der Waals surface area contributed by atoms with Crippen LogP contribution in [0.2, 0.25) is 0 Å². The van der Waals surface area contributed by atoms with Gasteiger partial charge in [-0.2, -0.15) is 5.26 Å². The Kier molecular flexibility index (Phi) is 4.41. The Balaban J connectivity index is 2.26. The van der Waals surface area contributed by atoms with Crippen molar-refractivity contribution in [2.24, 2.45) is 11.3 Å². The fraction of sp³-hybridized carbons (Fsp3) is 0.500. The minimum atomic E-state index is -1.30. The molecule has 2 rings (SSSR count). The summed E-state index contributed by atoms with van der Waals surface area (Å²) in [4.78, 5) is 14.0. The van der Waals surface area contributed by atoms with Crippen LogP contribution in [0.15, 0.2) is 30.3 Å². The van der Waals surface area contributed by atoms with Crippen molar-refractivity contribution in [3.05, 3.63) is 35.9 Å². The molecule has 4 heteroatoms. The molecule has 4 nitrogen and oxygen atoms in total. The zero-order chi connectivity index (χ0) is 14.6. The zero-order valence-electron chi connectivity index (χ0n) is 11.7. The first-order chi connectivity index (χ1) is 9.58. The van der Waals surface area contributed by atoms with Crippen LogP contribution in [0.1, 0.15) is 18.4 Å². The molecule has 20 heavy (non-hydrogen) atoms. The van der Waals surface area contributed by atoms with Crippen LogP contribution < -0.4 is 0 Å². The number of hydrogen-bond donors (Lipinski definition) is 1. The fourth-order valence-corrected chi connectivity index (χ4v) is 2.99. The van der Waals surface area contributed by atoms with E-state index < -0.39 is 11.4 Å². The van der Waals surface area contributed by atoms with Crippen molar-refractivity contribution >= 4 is 5.97 Å². The predicted octanol–water partition coefficient (Wildman–Crippen LogP) is 2.17. The van der Waals surface area contributed by atoms with Crippen molar-refractivity contribution in [1.82, 2.24) is 4.90 Å². The lowest BCUT2D eigenvalue weighted by atomic mass is 9.68. The van der Waals surface area contributed by atoms with Crippen LogP contribution in [0.3, 0.4) is 0 Å². The Morgan fingerprint density at radius 3 is 2.50 bits per heavy atom. The van der Waals surface area contributed by atoms with Crippen molar-refractivity contribution in [2.75, 3.05) is 20.1 Å². The molecular formula is C16H20N2O2. The average Bonchev–Trinajstić information content (AvgIpc) is 2.46. The van der Waals surface area contributed by atoms with Gasteiger partial charge in [0.05, 0.1) is 6.07 Å². The predicted molar refractivity (Wildman–Crippen MR) is 76.0 cm³/mol. The Bertz CT molecular complexity index is 501. The van der Waals surface area contributed by atoms with Gasteiger partial charge in [0.25, 0.3) is 0 Å². The average molecular weight is 272 g/mol. The van der Waals surface area contributed by atoms with Gasteiger partial charge in [0.2, 0.25) is 0 Å². The third-order valence-electron chi connectivity index (χ3n) is 4.32. The SMILES string of the molecule is CN1CCC([C@](C#N)(Cc2ccccc2)C(=O)O)CC1. The van der Waals surface area contributed by atoms with Gasteiger partial charge >= 0.3 is 5.97 Å². The number of carboxylic acids is 1. The molecule has 0 spiro atoms. The van der Waals surface area contributed by atoms with E-state index in [0.717, 1.165) is 31.5 Å². The summed E-state index contributed by atoms with van der Waals surface area (Å²) in [6.45, 7) is 1.71. The second-order valence-electron chi connectivity index (χ2n) is 5.63. The molecule has 1 aliphatic heterocycles. The van der Waals surface area contributed by atoms with Crippen LogP contribution in [0.4, 0.5) is 0 Å². The highest BCUT2D eigenvalue weighted by Gasteiger charge is 2.47. The van der Waals surface area contributed by atoms with Gasteiger partial charge in [-0.05, 0) is 44.5 Å². The zero-order valence-corrected chi connectivity index (χ0v) is 11.7. The first kappa shape index (κ1) is 14.5. The molecule has 1 aromatic rings. The quantitative estimate of drug-likeness (QED) is 0.912. The summed E-state index contributed by atoms with van der Waals surface area (Å²) in [6, 6.07) is 11.6. The topological polar surface area (TPSA) is 64.3 Å². The number of nitriles is 1. The number of carbonyl (C=O) groups is 1. The molecule has 1 aliphatic rings. The van der Waals surface area contributed by atoms with Crippen LogP contribution in [0.5, 0.6) is 0 Å². The van der Waals surface area contributed by atoms with Gasteiger partial charge in [-0.25, -0.2) is 0 Å². The fourth-order valence-electron chi connectivity index (χ4n) is 2.99. The minimum Gasteiger partial charge on any atom is -0.480 e. The van der Waals surface area contributed by atoms with Gasteiger partial charge in [-0.1, -0.05) is 30.3 Å². The molecule has 0 bridgehead atoms. The summed E-state index contributed by atoms with van der Waals surface area (Å²) in [5, 5.41) is 19.2. The van der Waals surface area contributed by atoms with E-state index in [-0.39, 0.29) is 12.3 Å². The van der Waals surface area contributed by atoms with Gasteiger partial charge in [-0.3, -0.25) is 4.79 Å². The highest BCUT2D eigenvalue weighted by atomic mass is 16.4. The lowest BCUT2D eigenvalue weighted by Crippen LogP contribution is -2.45. The van der Waals surface area contributed by atoms with Gasteiger partial charge in [0, 0.05) is 6.42 Å². The van der Waals surface area contributed by atoms with E-state index in [1.54, 1.807) is 0 Å². The van der Waals surface area contributed by atoms with Crippen LogP contribution in [-0.2, 0) is 11.2 Å². The van der Waals surface area contributed by atoms with E-state index in [2.05, 4.69) is 11.0 Å². The van der Waals surface area contributed by atoms with Crippen LogP contribution >= 0.6 is 0 Å². The summed E-state index contributed by atoms with van der Waals surface area (Å²) in [7, 11) is 2.03. The molecule has 1 heterocycles. The molecule has 1 N–H and O–H groups in total. The highest BCUT2D eigenvalue weighted by molar-refractivity contribution is 5.79. The van der Waals surface area contributed by atoms with Gasteiger partial charge < -0.3 is 10.0 Å². The minimum absolute atomic E-state index is 0.0820.